The van der Waals surface area contributed by atoms with Crippen molar-refractivity contribution < 1.29 is 4.79 Å². The Morgan fingerprint density at radius 3 is 2.33 bits per heavy atom. The fourth-order valence-corrected chi connectivity index (χ4v) is 1.78. The smallest absolute Gasteiger partial charge is 0.221 e. The maximum Gasteiger partial charge on any atom is 0.221 e. The van der Waals surface area contributed by atoms with Gasteiger partial charge in [0.2, 0.25) is 5.91 Å². The molecule has 2 unspecified atom stereocenters. The molecule has 0 aliphatic heterocycles. The van der Waals surface area contributed by atoms with Crippen LogP contribution in [0.4, 0.5) is 0 Å². The van der Waals surface area contributed by atoms with Crippen LogP contribution in [-0.4, -0.2) is 18.5 Å². The Morgan fingerprint density at radius 2 is 1.89 bits per heavy atom. The number of hydrogen-bond acceptors (Lipinski definition) is 2. The van der Waals surface area contributed by atoms with E-state index >= 15 is 0 Å². The molecule has 0 aliphatic carbocycles. The zero-order chi connectivity index (χ0) is 14.2. The van der Waals surface area contributed by atoms with E-state index in [1.165, 1.54) is 19.3 Å². The highest BCUT2D eigenvalue weighted by Crippen LogP contribution is 2.19. The summed E-state index contributed by atoms with van der Waals surface area (Å²) in [7, 11) is 0. The molecule has 3 nitrogen and oxygen atoms in total. The molecule has 0 saturated heterocycles. The number of carbonyl (C=O) groups is 1. The average molecular weight is 256 g/mol. The van der Waals surface area contributed by atoms with Crippen molar-refractivity contribution >= 4 is 5.91 Å². The van der Waals surface area contributed by atoms with Crippen molar-refractivity contribution in [2.75, 3.05) is 6.54 Å². The van der Waals surface area contributed by atoms with E-state index in [-0.39, 0.29) is 17.4 Å². The summed E-state index contributed by atoms with van der Waals surface area (Å²) < 4.78 is 0. The van der Waals surface area contributed by atoms with Crippen LogP contribution >= 0.6 is 0 Å². The Labute approximate surface area is 113 Å². The van der Waals surface area contributed by atoms with Crippen molar-refractivity contribution in [3.05, 3.63) is 0 Å². The molecule has 3 heteroatoms. The zero-order valence-electron chi connectivity index (χ0n) is 12.9. The molecule has 108 valence electrons. The molecule has 0 heterocycles. The molecule has 0 aromatic carbocycles. The lowest BCUT2D eigenvalue weighted by atomic mass is 9.85. The summed E-state index contributed by atoms with van der Waals surface area (Å²) in [5, 5.41) is 3.03. The number of nitrogens with one attached hydrogen (secondary N) is 1. The first-order chi connectivity index (χ1) is 8.31. The topological polar surface area (TPSA) is 55.1 Å². The van der Waals surface area contributed by atoms with Gasteiger partial charge in [-0.2, -0.15) is 0 Å². The van der Waals surface area contributed by atoms with E-state index in [0.29, 0.717) is 12.3 Å². The lowest BCUT2D eigenvalue weighted by molar-refractivity contribution is -0.122. The third-order valence-electron chi connectivity index (χ3n) is 3.65. The summed E-state index contributed by atoms with van der Waals surface area (Å²) in [4.78, 5) is 11.8. The molecule has 0 saturated carbocycles. The number of unbranched alkanes of at least 4 members (excludes halogenated alkanes) is 1. The van der Waals surface area contributed by atoms with Gasteiger partial charge in [-0.1, -0.05) is 53.9 Å². The van der Waals surface area contributed by atoms with E-state index in [9.17, 15) is 4.79 Å². The Bertz CT molecular complexity index is 233. The molecule has 0 bridgehead atoms. The molecule has 18 heavy (non-hydrogen) atoms. The summed E-state index contributed by atoms with van der Waals surface area (Å²) in [5.41, 5.74) is 6.00. The first kappa shape index (κ1) is 17.4. The predicted octanol–water partition coefficient (Wildman–Crippen LogP) is 3.08. The average Bonchev–Trinajstić information content (AvgIpc) is 2.28. The van der Waals surface area contributed by atoms with Gasteiger partial charge in [0.15, 0.2) is 0 Å². The normalized spacial score (nSPS) is 15.2. The molecule has 0 rings (SSSR count). The van der Waals surface area contributed by atoms with E-state index in [2.05, 4.69) is 39.9 Å². The first-order valence-electron chi connectivity index (χ1n) is 7.33. The molecule has 0 fully saturated rings. The van der Waals surface area contributed by atoms with Crippen molar-refractivity contribution in [1.29, 1.82) is 0 Å². The van der Waals surface area contributed by atoms with Gasteiger partial charge in [-0.25, -0.2) is 0 Å². The highest BCUT2D eigenvalue weighted by atomic mass is 16.1. The van der Waals surface area contributed by atoms with Gasteiger partial charge in [-0.15, -0.1) is 0 Å². The van der Waals surface area contributed by atoms with Crippen LogP contribution in [0.15, 0.2) is 0 Å². The van der Waals surface area contributed by atoms with Crippen molar-refractivity contribution in [2.45, 2.75) is 72.8 Å². The van der Waals surface area contributed by atoms with Crippen LogP contribution in [0.5, 0.6) is 0 Å². The molecule has 0 aliphatic rings. The Hall–Kier alpha value is -0.570. The van der Waals surface area contributed by atoms with E-state index in [0.717, 1.165) is 13.0 Å². The summed E-state index contributed by atoms with van der Waals surface area (Å²) in [5.74, 6) is 0.701. The van der Waals surface area contributed by atoms with E-state index in [4.69, 9.17) is 5.73 Å². The van der Waals surface area contributed by atoms with Crippen LogP contribution in [-0.2, 0) is 4.79 Å². The van der Waals surface area contributed by atoms with Crippen molar-refractivity contribution in [3.8, 4) is 0 Å². The largest absolute Gasteiger partial charge is 0.356 e. The third-order valence-corrected chi connectivity index (χ3v) is 3.65. The molecular formula is C15H32N2O. The van der Waals surface area contributed by atoms with Crippen LogP contribution in [0.1, 0.15) is 66.7 Å². The molecule has 1 amide bonds. The Kier molecular flexibility index (Phi) is 8.25. The first-order valence-corrected chi connectivity index (χ1v) is 7.33. The summed E-state index contributed by atoms with van der Waals surface area (Å²) in [6, 6.07) is -0.0757. The van der Waals surface area contributed by atoms with Gasteiger partial charge < -0.3 is 11.1 Å². The number of amides is 1. The van der Waals surface area contributed by atoms with Crippen LogP contribution in [0.25, 0.3) is 0 Å². The van der Waals surface area contributed by atoms with Crippen LogP contribution in [0.2, 0.25) is 0 Å². The Balaban J connectivity index is 3.94. The number of hydrogen-bond donors (Lipinski definition) is 2. The molecule has 3 N–H and O–H groups in total. The van der Waals surface area contributed by atoms with Crippen LogP contribution in [0, 0.1) is 11.3 Å². The summed E-state index contributed by atoms with van der Waals surface area (Å²) in [6.07, 6.45) is 5.23. The predicted molar refractivity (Wildman–Crippen MR) is 78.4 cm³/mol. The quantitative estimate of drug-likeness (QED) is 0.701. The summed E-state index contributed by atoms with van der Waals surface area (Å²) >= 11 is 0. The maximum absolute atomic E-state index is 11.8. The van der Waals surface area contributed by atoms with Gasteiger partial charge in [0.25, 0.3) is 0 Å². The number of carbonyl (C=O) groups excluding carboxylic acids is 1. The minimum atomic E-state index is -0.0757. The van der Waals surface area contributed by atoms with E-state index < -0.39 is 0 Å². The molecule has 0 aromatic rings. The minimum absolute atomic E-state index is 0.0102. The highest BCUT2D eigenvalue weighted by molar-refractivity contribution is 5.76. The maximum atomic E-state index is 11.8. The van der Waals surface area contributed by atoms with Crippen LogP contribution in [0.3, 0.4) is 0 Å². The monoisotopic (exact) mass is 256 g/mol. The van der Waals surface area contributed by atoms with Crippen molar-refractivity contribution in [1.82, 2.24) is 5.32 Å². The standard InChI is InChI=1S/C15H32N2O/c1-6-8-9-12(7-2)11-17-14(18)10-13(16)15(3,4)5/h12-13H,6-11,16H2,1-5H3,(H,17,18). The van der Waals surface area contributed by atoms with Gasteiger partial charge in [0.1, 0.15) is 0 Å². The van der Waals surface area contributed by atoms with E-state index in [1.54, 1.807) is 0 Å². The highest BCUT2D eigenvalue weighted by Gasteiger charge is 2.23. The number of rotatable bonds is 8. The molecular weight excluding hydrogens is 224 g/mol. The van der Waals surface area contributed by atoms with Gasteiger partial charge in [0.05, 0.1) is 0 Å². The molecule has 0 spiro atoms. The van der Waals surface area contributed by atoms with Gasteiger partial charge in [0, 0.05) is 19.0 Å². The second-order valence-corrected chi connectivity index (χ2v) is 6.40. The van der Waals surface area contributed by atoms with Gasteiger partial charge in [-0.3, -0.25) is 4.79 Å². The zero-order valence-corrected chi connectivity index (χ0v) is 12.9. The van der Waals surface area contributed by atoms with Gasteiger partial charge >= 0.3 is 0 Å². The lowest BCUT2D eigenvalue weighted by Gasteiger charge is -2.26. The molecule has 2 atom stereocenters. The molecule has 0 radical (unpaired) electrons. The second-order valence-electron chi connectivity index (χ2n) is 6.40. The third kappa shape index (κ3) is 7.70. The molecule has 0 aromatic heterocycles. The summed E-state index contributed by atoms with van der Waals surface area (Å²) in [6.45, 7) is 11.4. The van der Waals surface area contributed by atoms with Crippen molar-refractivity contribution in [3.63, 3.8) is 0 Å². The fraction of sp³-hybridized carbons (Fsp3) is 0.933. The van der Waals surface area contributed by atoms with Crippen molar-refractivity contribution in [2.24, 2.45) is 17.1 Å². The number of nitrogens with two attached hydrogens (primary N) is 1. The Morgan fingerprint density at radius 1 is 1.28 bits per heavy atom. The van der Waals surface area contributed by atoms with Gasteiger partial charge in [-0.05, 0) is 17.8 Å². The minimum Gasteiger partial charge on any atom is -0.356 e. The second kappa shape index (κ2) is 8.52. The van der Waals surface area contributed by atoms with Crippen LogP contribution < -0.4 is 11.1 Å². The fourth-order valence-electron chi connectivity index (χ4n) is 1.78. The SMILES string of the molecule is CCCCC(CC)CNC(=O)CC(N)C(C)(C)C. The van der Waals surface area contributed by atoms with E-state index in [1.807, 2.05) is 0 Å². The lowest BCUT2D eigenvalue weighted by Crippen LogP contribution is -2.41.